The number of anilines is 2. The average Bonchev–Trinajstić information content (AvgIpc) is 3.39. The molecular formula is C29H28ClFN4O. The summed E-state index contributed by atoms with van der Waals surface area (Å²) in [5.41, 5.74) is 5.67. The van der Waals surface area contributed by atoms with Gasteiger partial charge in [-0.05, 0) is 93.2 Å². The molecule has 0 saturated carbocycles. The second kappa shape index (κ2) is 10.3. The van der Waals surface area contributed by atoms with Crippen LogP contribution >= 0.6 is 11.6 Å². The predicted molar refractivity (Wildman–Crippen MR) is 144 cm³/mol. The number of ketones is 1. The van der Waals surface area contributed by atoms with Crippen molar-refractivity contribution >= 4 is 39.7 Å². The van der Waals surface area contributed by atoms with Crippen LogP contribution in [0.25, 0.3) is 22.0 Å². The first kappa shape index (κ1) is 24.3. The highest BCUT2D eigenvalue weighted by molar-refractivity contribution is 6.31. The molecular weight excluding hydrogens is 475 g/mol. The van der Waals surface area contributed by atoms with Gasteiger partial charge < -0.3 is 10.2 Å². The molecule has 1 aliphatic rings. The number of pyridine rings is 2. The van der Waals surface area contributed by atoms with E-state index in [1.54, 1.807) is 25.4 Å². The third-order valence-electron chi connectivity index (χ3n) is 6.84. The van der Waals surface area contributed by atoms with E-state index < -0.39 is 0 Å². The minimum atomic E-state index is -0.358. The van der Waals surface area contributed by atoms with E-state index in [0.717, 1.165) is 53.8 Å². The van der Waals surface area contributed by atoms with Gasteiger partial charge in [0.2, 0.25) is 0 Å². The number of hydrogen-bond acceptors (Lipinski definition) is 5. The summed E-state index contributed by atoms with van der Waals surface area (Å²) in [6.07, 6.45) is 8.71. The summed E-state index contributed by atoms with van der Waals surface area (Å²) in [5.74, 6) is -0.455. The lowest BCUT2D eigenvalue weighted by molar-refractivity contribution is 0.101. The van der Waals surface area contributed by atoms with Gasteiger partial charge >= 0.3 is 0 Å². The van der Waals surface area contributed by atoms with Crippen molar-refractivity contribution in [3.63, 3.8) is 0 Å². The summed E-state index contributed by atoms with van der Waals surface area (Å²) in [6, 6.07) is 11.0. The topological polar surface area (TPSA) is 58.1 Å². The van der Waals surface area contributed by atoms with Crippen LogP contribution in [0.15, 0.2) is 55.0 Å². The first-order chi connectivity index (χ1) is 17.4. The molecule has 4 aromatic rings. The zero-order valence-electron chi connectivity index (χ0n) is 20.4. The van der Waals surface area contributed by atoms with E-state index in [9.17, 15) is 9.18 Å². The average molecular weight is 503 g/mol. The Hall–Kier alpha value is -3.35. The molecule has 36 heavy (non-hydrogen) atoms. The SMILES string of the molecule is CC(=O)c1cnc2ccc(-c3cc(F)c(C)c(Cl)c3)cc2c1Nc1cncc(CCN2CCCC2)c1. The van der Waals surface area contributed by atoms with E-state index in [1.165, 1.54) is 25.8 Å². The fourth-order valence-electron chi connectivity index (χ4n) is 4.72. The van der Waals surface area contributed by atoms with E-state index in [4.69, 9.17) is 11.6 Å². The van der Waals surface area contributed by atoms with Gasteiger partial charge in [0.15, 0.2) is 5.78 Å². The number of aromatic nitrogens is 2. The van der Waals surface area contributed by atoms with Crippen molar-refractivity contribution < 1.29 is 9.18 Å². The van der Waals surface area contributed by atoms with E-state index in [1.807, 2.05) is 24.4 Å². The van der Waals surface area contributed by atoms with Crippen molar-refractivity contribution in [2.24, 2.45) is 0 Å². The largest absolute Gasteiger partial charge is 0.353 e. The number of likely N-dealkylation sites (tertiary alicyclic amines) is 1. The molecule has 2 aromatic carbocycles. The number of fused-ring (bicyclic) bond motifs is 1. The fourth-order valence-corrected chi connectivity index (χ4v) is 4.92. The molecule has 184 valence electrons. The Kier molecular flexibility index (Phi) is 6.99. The number of nitrogens with one attached hydrogen (secondary N) is 1. The van der Waals surface area contributed by atoms with Crippen molar-refractivity contribution in [2.75, 3.05) is 25.0 Å². The molecule has 7 heteroatoms. The summed E-state index contributed by atoms with van der Waals surface area (Å²) in [4.78, 5) is 23.9. The van der Waals surface area contributed by atoms with Gasteiger partial charge in [0, 0.05) is 34.9 Å². The van der Waals surface area contributed by atoms with Crippen LogP contribution in [0.1, 0.15) is 41.3 Å². The molecule has 1 saturated heterocycles. The lowest BCUT2D eigenvalue weighted by Gasteiger charge is -2.16. The van der Waals surface area contributed by atoms with Crippen molar-refractivity contribution in [1.29, 1.82) is 0 Å². The summed E-state index contributed by atoms with van der Waals surface area (Å²) in [6.45, 7) is 6.52. The quantitative estimate of drug-likeness (QED) is 0.276. The predicted octanol–water partition coefficient (Wildman–Crippen LogP) is 6.98. The fraction of sp³-hybridized carbons (Fsp3) is 0.276. The zero-order valence-corrected chi connectivity index (χ0v) is 21.2. The third-order valence-corrected chi connectivity index (χ3v) is 7.23. The molecule has 5 rings (SSSR count). The van der Waals surface area contributed by atoms with E-state index in [2.05, 4.69) is 26.3 Å². The highest BCUT2D eigenvalue weighted by atomic mass is 35.5. The van der Waals surface area contributed by atoms with Crippen LogP contribution in [0.4, 0.5) is 15.8 Å². The Bertz CT molecular complexity index is 1430. The molecule has 1 fully saturated rings. The standard InChI is InChI=1S/C29H28ClFN4O/c1-18-26(30)13-22(14-27(18)31)21-5-6-28-24(12-21)29(25(17-33-28)19(2)36)34-23-11-20(15-32-16-23)7-10-35-8-3-4-9-35/h5-6,11-17H,3-4,7-10H2,1-2H3,(H,33,34). The Morgan fingerprint density at radius 2 is 1.89 bits per heavy atom. The second-order valence-corrected chi connectivity index (χ2v) is 9.81. The molecule has 1 aliphatic heterocycles. The molecule has 5 nitrogen and oxygen atoms in total. The van der Waals surface area contributed by atoms with Gasteiger partial charge in [0.05, 0.1) is 28.7 Å². The van der Waals surface area contributed by atoms with Crippen LogP contribution in [0.3, 0.4) is 0 Å². The number of Topliss-reactive ketones (excluding diaryl/α,β-unsaturated/α-hetero) is 1. The molecule has 1 N–H and O–H groups in total. The number of rotatable bonds is 7. The molecule has 0 atom stereocenters. The Morgan fingerprint density at radius 3 is 2.64 bits per heavy atom. The maximum absolute atomic E-state index is 14.4. The van der Waals surface area contributed by atoms with E-state index >= 15 is 0 Å². The Balaban J connectivity index is 1.53. The van der Waals surface area contributed by atoms with Gasteiger partial charge in [-0.15, -0.1) is 0 Å². The maximum atomic E-state index is 14.4. The van der Waals surface area contributed by atoms with Gasteiger partial charge in [-0.3, -0.25) is 14.8 Å². The minimum absolute atomic E-state index is 0.0973. The summed E-state index contributed by atoms with van der Waals surface area (Å²) >= 11 is 6.26. The lowest BCUT2D eigenvalue weighted by atomic mass is 9.99. The second-order valence-electron chi connectivity index (χ2n) is 9.41. The van der Waals surface area contributed by atoms with Crippen LogP contribution in [0.5, 0.6) is 0 Å². The molecule has 0 unspecified atom stereocenters. The summed E-state index contributed by atoms with van der Waals surface area (Å²) in [5, 5.41) is 4.57. The maximum Gasteiger partial charge on any atom is 0.163 e. The number of halogens is 2. The molecule has 0 spiro atoms. The van der Waals surface area contributed by atoms with Gasteiger partial charge in [-0.1, -0.05) is 17.7 Å². The van der Waals surface area contributed by atoms with Gasteiger partial charge in [-0.2, -0.15) is 0 Å². The van der Waals surface area contributed by atoms with E-state index in [0.29, 0.717) is 27.4 Å². The van der Waals surface area contributed by atoms with E-state index in [-0.39, 0.29) is 11.6 Å². The minimum Gasteiger partial charge on any atom is -0.353 e. The highest BCUT2D eigenvalue weighted by Crippen LogP contribution is 2.34. The lowest BCUT2D eigenvalue weighted by Crippen LogP contribution is -2.21. The Morgan fingerprint density at radius 1 is 1.08 bits per heavy atom. The highest BCUT2D eigenvalue weighted by Gasteiger charge is 2.16. The summed E-state index contributed by atoms with van der Waals surface area (Å²) in [7, 11) is 0. The van der Waals surface area contributed by atoms with Gasteiger partial charge in [-0.25, -0.2) is 4.39 Å². The van der Waals surface area contributed by atoms with Gasteiger partial charge in [0.25, 0.3) is 0 Å². The van der Waals surface area contributed by atoms with Crippen LogP contribution in [-0.2, 0) is 6.42 Å². The number of carbonyl (C=O) groups excluding carboxylic acids is 1. The first-order valence-electron chi connectivity index (χ1n) is 12.2. The number of nitrogens with zero attached hydrogens (tertiary/aromatic N) is 3. The van der Waals surface area contributed by atoms with Crippen molar-refractivity contribution in [2.45, 2.75) is 33.1 Å². The Labute approximate surface area is 215 Å². The third kappa shape index (κ3) is 5.11. The van der Waals surface area contributed by atoms with Crippen molar-refractivity contribution in [1.82, 2.24) is 14.9 Å². The normalized spacial score (nSPS) is 13.9. The monoisotopic (exact) mass is 502 g/mol. The molecule has 0 bridgehead atoms. The van der Waals surface area contributed by atoms with Crippen LogP contribution in [-0.4, -0.2) is 40.3 Å². The van der Waals surface area contributed by atoms with Crippen LogP contribution < -0.4 is 5.32 Å². The van der Waals surface area contributed by atoms with Crippen LogP contribution in [0.2, 0.25) is 5.02 Å². The number of carbonyl (C=O) groups is 1. The molecule has 0 radical (unpaired) electrons. The number of hydrogen-bond donors (Lipinski definition) is 1. The molecule has 2 aromatic heterocycles. The molecule has 0 aliphatic carbocycles. The van der Waals surface area contributed by atoms with Gasteiger partial charge in [0.1, 0.15) is 5.82 Å². The first-order valence-corrected chi connectivity index (χ1v) is 12.6. The molecule has 3 heterocycles. The zero-order chi connectivity index (χ0) is 25.2. The van der Waals surface area contributed by atoms with Crippen LogP contribution in [0, 0.1) is 12.7 Å². The van der Waals surface area contributed by atoms with Crippen molar-refractivity contribution in [3.8, 4) is 11.1 Å². The smallest absolute Gasteiger partial charge is 0.163 e. The number of benzene rings is 2. The van der Waals surface area contributed by atoms with Crippen molar-refractivity contribution in [3.05, 3.63) is 82.5 Å². The molecule has 0 amide bonds. The summed E-state index contributed by atoms with van der Waals surface area (Å²) < 4.78 is 14.4.